The Morgan fingerprint density at radius 3 is 2.46 bits per heavy atom. The smallest absolute Gasteiger partial charge is 0.291 e. The van der Waals surface area contributed by atoms with Crippen molar-refractivity contribution < 1.29 is 23.1 Å². The maximum absolute atomic E-state index is 13.6. The third kappa shape index (κ3) is 4.83. The second-order valence-electron chi connectivity index (χ2n) is 6.00. The molecular weight excluding hydrogens is 363 g/mol. The molecule has 2 amide bonds. The number of benzene rings is 2. The molecule has 2 aromatic carbocycles. The summed E-state index contributed by atoms with van der Waals surface area (Å²) >= 11 is 0. The lowest BCUT2D eigenvalue weighted by Gasteiger charge is -2.08. The van der Waals surface area contributed by atoms with Crippen LogP contribution in [0.25, 0.3) is 0 Å². The lowest BCUT2D eigenvalue weighted by Crippen LogP contribution is -2.23. The van der Waals surface area contributed by atoms with Crippen molar-refractivity contribution >= 4 is 17.5 Å². The fourth-order valence-corrected chi connectivity index (χ4v) is 2.54. The Morgan fingerprint density at radius 1 is 1.00 bits per heavy atom. The first-order valence-corrected chi connectivity index (χ1v) is 8.57. The van der Waals surface area contributed by atoms with E-state index in [9.17, 15) is 14.0 Å². The highest BCUT2D eigenvalue weighted by molar-refractivity contribution is 6.02. The SMILES string of the molecule is COCc1ccc(C(=O)Nc2ccc(C(=O)NCc3ccccc3F)cc2)o1. The van der Waals surface area contributed by atoms with Gasteiger partial charge in [0, 0.05) is 30.5 Å². The van der Waals surface area contributed by atoms with Crippen LogP contribution in [0.2, 0.25) is 0 Å². The number of anilines is 1. The molecule has 0 unspecified atom stereocenters. The summed E-state index contributed by atoms with van der Waals surface area (Å²) in [5.74, 6) is -0.392. The van der Waals surface area contributed by atoms with Crippen molar-refractivity contribution in [2.24, 2.45) is 0 Å². The summed E-state index contributed by atoms with van der Waals surface area (Å²) in [6.45, 7) is 0.371. The number of halogens is 1. The van der Waals surface area contributed by atoms with Gasteiger partial charge in [0.05, 0.1) is 0 Å². The van der Waals surface area contributed by atoms with Gasteiger partial charge in [-0.2, -0.15) is 0 Å². The van der Waals surface area contributed by atoms with Crippen LogP contribution in [-0.2, 0) is 17.9 Å². The first-order valence-electron chi connectivity index (χ1n) is 8.57. The molecule has 0 bridgehead atoms. The highest BCUT2D eigenvalue weighted by Crippen LogP contribution is 2.14. The summed E-state index contributed by atoms with van der Waals surface area (Å²) in [4.78, 5) is 24.4. The lowest BCUT2D eigenvalue weighted by atomic mass is 10.1. The second-order valence-corrected chi connectivity index (χ2v) is 6.00. The van der Waals surface area contributed by atoms with E-state index in [2.05, 4.69) is 10.6 Å². The average molecular weight is 382 g/mol. The molecule has 2 N–H and O–H groups in total. The Hall–Kier alpha value is -3.45. The largest absolute Gasteiger partial charge is 0.453 e. The Labute approximate surface area is 161 Å². The van der Waals surface area contributed by atoms with Gasteiger partial charge in [-0.1, -0.05) is 18.2 Å². The molecule has 0 radical (unpaired) electrons. The Bertz CT molecular complexity index is 967. The van der Waals surface area contributed by atoms with Gasteiger partial charge in [-0.25, -0.2) is 4.39 Å². The van der Waals surface area contributed by atoms with E-state index in [1.165, 1.54) is 13.2 Å². The number of carbonyl (C=O) groups is 2. The quantitative estimate of drug-likeness (QED) is 0.652. The minimum absolute atomic E-state index is 0.0896. The van der Waals surface area contributed by atoms with Crippen LogP contribution >= 0.6 is 0 Å². The molecule has 7 heteroatoms. The zero-order chi connectivity index (χ0) is 19.9. The van der Waals surface area contributed by atoms with Crippen LogP contribution in [0.4, 0.5) is 10.1 Å². The fourth-order valence-electron chi connectivity index (χ4n) is 2.54. The van der Waals surface area contributed by atoms with Gasteiger partial charge in [0.25, 0.3) is 11.8 Å². The van der Waals surface area contributed by atoms with Gasteiger partial charge in [0.2, 0.25) is 0 Å². The number of hydrogen-bond acceptors (Lipinski definition) is 4. The van der Waals surface area contributed by atoms with E-state index >= 15 is 0 Å². The predicted molar refractivity (Wildman–Crippen MR) is 101 cm³/mol. The molecule has 1 aromatic heterocycles. The molecule has 0 spiro atoms. The lowest BCUT2D eigenvalue weighted by molar-refractivity contribution is 0.0949. The summed E-state index contributed by atoms with van der Waals surface area (Å²) < 4.78 is 23.9. The molecule has 0 aliphatic carbocycles. The van der Waals surface area contributed by atoms with Crippen molar-refractivity contribution in [3.8, 4) is 0 Å². The molecule has 0 saturated heterocycles. The third-order valence-electron chi connectivity index (χ3n) is 3.97. The van der Waals surface area contributed by atoms with Gasteiger partial charge in [0.15, 0.2) is 5.76 Å². The van der Waals surface area contributed by atoms with Crippen molar-refractivity contribution in [3.05, 3.63) is 89.1 Å². The van der Waals surface area contributed by atoms with Gasteiger partial charge < -0.3 is 19.8 Å². The van der Waals surface area contributed by atoms with Gasteiger partial charge in [0.1, 0.15) is 18.2 Å². The molecule has 144 valence electrons. The minimum atomic E-state index is -0.404. The van der Waals surface area contributed by atoms with Crippen LogP contribution < -0.4 is 10.6 Å². The van der Waals surface area contributed by atoms with E-state index in [4.69, 9.17) is 9.15 Å². The number of nitrogens with one attached hydrogen (secondary N) is 2. The second kappa shape index (κ2) is 8.96. The predicted octanol–water partition coefficient (Wildman–Crippen LogP) is 3.75. The van der Waals surface area contributed by atoms with E-state index in [0.29, 0.717) is 22.6 Å². The van der Waals surface area contributed by atoms with Gasteiger partial charge in [-0.15, -0.1) is 0 Å². The molecule has 0 aliphatic heterocycles. The monoisotopic (exact) mass is 382 g/mol. The molecule has 1 heterocycles. The van der Waals surface area contributed by atoms with Crippen molar-refractivity contribution in [1.29, 1.82) is 0 Å². The summed E-state index contributed by atoms with van der Waals surface area (Å²) in [7, 11) is 1.54. The highest BCUT2D eigenvalue weighted by atomic mass is 19.1. The summed E-state index contributed by atoms with van der Waals surface area (Å²) in [5, 5.41) is 5.35. The Balaban J connectivity index is 1.57. The van der Waals surface area contributed by atoms with Crippen molar-refractivity contribution in [1.82, 2.24) is 5.32 Å². The van der Waals surface area contributed by atoms with Gasteiger partial charge in [-0.3, -0.25) is 9.59 Å². The number of hydrogen-bond donors (Lipinski definition) is 2. The summed E-state index contributed by atoms with van der Waals surface area (Å²) in [6.07, 6.45) is 0. The van der Waals surface area contributed by atoms with Crippen molar-refractivity contribution in [2.45, 2.75) is 13.2 Å². The van der Waals surface area contributed by atoms with Crippen LogP contribution in [0.1, 0.15) is 32.2 Å². The third-order valence-corrected chi connectivity index (χ3v) is 3.97. The minimum Gasteiger partial charge on any atom is -0.453 e. The number of rotatable bonds is 7. The first-order chi connectivity index (χ1) is 13.6. The standard InChI is InChI=1S/C21H19FN2O4/c1-27-13-17-10-11-19(28-17)21(26)24-16-8-6-14(7-9-16)20(25)23-12-15-4-2-3-5-18(15)22/h2-11H,12-13H2,1H3,(H,23,25)(H,24,26). The number of furan rings is 1. The Kier molecular flexibility index (Phi) is 6.18. The van der Waals surface area contributed by atoms with Crippen molar-refractivity contribution in [2.75, 3.05) is 12.4 Å². The van der Waals surface area contributed by atoms with Gasteiger partial charge in [-0.05, 0) is 42.5 Å². The van der Waals surface area contributed by atoms with E-state index in [1.807, 2.05) is 0 Å². The number of ether oxygens (including phenoxy) is 1. The molecular formula is C21H19FN2O4. The number of amides is 2. The molecule has 6 nitrogen and oxygen atoms in total. The zero-order valence-corrected chi connectivity index (χ0v) is 15.2. The maximum atomic E-state index is 13.6. The summed E-state index contributed by atoms with van der Waals surface area (Å²) in [6, 6.07) is 15.8. The Morgan fingerprint density at radius 2 is 1.75 bits per heavy atom. The molecule has 28 heavy (non-hydrogen) atoms. The number of methoxy groups -OCH3 is 1. The van der Waals surface area contributed by atoms with Crippen LogP contribution in [-0.4, -0.2) is 18.9 Å². The molecule has 3 rings (SSSR count). The first kappa shape index (κ1) is 19.3. The van der Waals surface area contributed by atoms with E-state index in [0.717, 1.165) is 0 Å². The normalized spacial score (nSPS) is 10.5. The maximum Gasteiger partial charge on any atom is 0.291 e. The van der Waals surface area contributed by atoms with Crippen LogP contribution in [0.15, 0.2) is 65.1 Å². The van der Waals surface area contributed by atoms with E-state index in [-0.39, 0.29) is 30.6 Å². The fraction of sp³-hybridized carbons (Fsp3) is 0.143. The van der Waals surface area contributed by atoms with E-state index < -0.39 is 5.91 Å². The van der Waals surface area contributed by atoms with Crippen LogP contribution in [0.3, 0.4) is 0 Å². The summed E-state index contributed by atoms with van der Waals surface area (Å²) in [5.41, 5.74) is 1.32. The number of carbonyl (C=O) groups excluding carboxylic acids is 2. The highest BCUT2D eigenvalue weighted by Gasteiger charge is 2.12. The average Bonchev–Trinajstić information content (AvgIpc) is 3.17. The topological polar surface area (TPSA) is 80.6 Å². The molecule has 0 atom stereocenters. The van der Waals surface area contributed by atoms with E-state index in [1.54, 1.807) is 54.6 Å². The molecule has 3 aromatic rings. The molecule has 0 fully saturated rings. The molecule has 0 aliphatic rings. The van der Waals surface area contributed by atoms with Crippen LogP contribution in [0.5, 0.6) is 0 Å². The molecule has 0 saturated carbocycles. The zero-order valence-electron chi connectivity index (χ0n) is 15.2. The van der Waals surface area contributed by atoms with Gasteiger partial charge >= 0.3 is 0 Å². The van der Waals surface area contributed by atoms with Crippen LogP contribution in [0, 0.1) is 5.82 Å². The van der Waals surface area contributed by atoms with Crippen molar-refractivity contribution in [3.63, 3.8) is 0 Å².